The molecule has 9 heteroatoms. The van der Waals surface area contributed by atoms with Crippen LogP contribution in [0.15, 0.2) is 106 Å². The van der Waals surface area contributed by atoms with Gasteiger partial charge in [0.2, 0.25) is 0 Å². The number of aryl methyl sites for hydroxylation is 1. The van der Waals surface area contributed by atoms with Gasteiger partial charge >= 0.3 is 0 Å². The number of benzene rings is 4. The van der Waals surface area contributed by atoms with Crippen molar-refractivity contribution >= 4 is 33.6 Å². The number of ether oxygens (including phenoxy) is 2. The van der Waals surface area contributed by atoms with E-state index < -0.39 is 10.1 Å². The van der Waals surface area contributed by atoms with E-state index in [4.69, 9.17) is 9.47 Å². The van der Waals surface area contributed by atoms with Crippen LogP contribution in [0.4, 0.5) is 0 Å². The molecule has 0 saturated heterocycles. The molecule has 40 heavy (non-hydrogen) atoms. The molecule has 0 spiro atoms. The van der Waals surface area contributed by atoms with Gasteiger partial charge in [-0.05, 0) is 111 Å². The molecule has 0 heterocycles. The highest BCUT2D eigenvalue weighted by atomic mass is 32.2. The van der Waals surface area contributed by atoms with Gasteiger partial charge in [-0.15, -0.1) is 23.5 Å². The van der Waals surface area contributed by atoms with Crippen molar-refractivity contribution in [1.82, 2.24) is 4.90 Å². The van der Waals surface area contributed by atoms with Crippen LogP contribution in [0.2, 0.25) is 0 Å². The largest absolute Gasteiger partial charge is 0.457 e. The summed E-state index contributed by atoms with van der Waals surface area (Å²) in [6, 6.07) is 28.3. The van der Waals surface area contributed by atoms with E-state index in [2.05, 4.69) is 31.4 Å². The Bertz CT molecular complexity index is 1470. The minimum Gasteiger partial charge on any atom is -0.457 e. The Hall–Kier alpha value is -2.95. The molecule has 0 fully saturated rings. The number of para-hydroxylation sites is 1. The van der Waals surface area contributed by atoms with Gasteiger partial charge in [0, 0.05) is 21.9 Å². The van der Waals surface area contributed by atoms with Gasteiger partial charge in [0.1, 0.15) is 23.0 Å². The number of nitrogens with zero attached hydrogens (tertiary/aromatic N) is 1. The second kappa shape index (κ2) is 15.2. The third-order valence-electron chi connectivity index (χ3n) is 5.74. The lowest BCUT2D eigenvalue weighted by Gasteiger charge is -2.16. The van der Waals surface area contributed by atoms with Crippen LogP contribution in [-0.4, -0.2) is 44.5 Å². The molecule has 6 nitrogen and oxygen atoms in total. The van der Waals surface area contributed by atoms with Crippen molar-refractivity contribution < 1.29 is 22.4 Å². The number of hydrogen-bond acceptors (Lipinski definition) is 7. The van der Waals surface area contributed by atoms with E-state index >= 15 is 0 Å². The fraction of sp³-hybridized carbons (Fsp3) is 0.226. The monoisotopic (exact) mass is 597 g/mol. The Kier molecular flexibility index (Phi) is 12.0. The second-order valence-electron chi connectivity index (χ2n) is 9.00. The molecule has 0 aliphatic carbocycles. The van der Waals surface area contributed by atoms with Gasteiger partial charge in [-0.2, -0.15) is 8.42 Å². The van der Waals surface area contributed by atoms with Crippen molar-refractivity contribution in [3.63, 3.8) is 0 Å². The Labute approximate surface area is 246 Å². The molecule has 4 rings (SSSR count). The quantitative estimate of drug-likeness (QED) is 0.145. The maximum atomic E-state index is 11.3. The van der Waals surface area contributed by atoms with Crippen LogP contribution >= 0.6 is 23.5 Å². The molecule has 0 aliphatic heterocycles. The number of rotatable bonds is 10. The molecular formula is C31H35NO5S3. The lowest BCUT2D eigenvalue weighted by atomic mass is 10.1. The van der Waals surface area contributed by atoms with Gasteiger partial charge in [0.25, 0.3) is 10.1 Å². The first-order chi connectivity index (χ1) is 19.1. The average Bonchev–Trinajstić information content (AvgIpc) is 2.94. The van der Waals surface area contributed by atoms with Crippen LogP contribution in [0.25, 0.3) is 0 Å². The molecule has 0 saturated carbocycles. The van der Waals surface area contributed by atoms with Crippen LogP contribution in [0.5, 0.6) is 23.0 Å². The van der Waals surface area contributed by atoms with Crippen LogP contribution in [0.1, 0.15) is 18.1 Å². The lowest BCUT2D eigenvalue weighted by molar-refractivity contribution is 0.387. The summed E-state index contributed by atoms with van der Waals surface area (Å²) < 4.78 is 43.6. The first-order valence-corrected chi connectivity index (χ1v) is 16.5. The van der Waals surface area contributed by atoms with Crippen molar-refractivity contribution in [2.75, 3.05) is 26.6 Å². The molecule has 0 aliphatic rings. The number of thioether (sulfide) groups is 2. The van der Waals surface area contributed by atoms with Crippen molar-refractivity contribution in [3.8, 4) is 23.0 Å². The summed E-state index contributed by atoms with van der Waals surface area (Å²) in [4.78, 5) is 4.14. The van der Waals surface area contributed by atoms with Gasteiger partial charge in [-0.1, -0.05) is 25.1 Å². The van der Waals surface area contributed by atoms with Crippen LogP contribution in [0, 0.1) is 0 Å². The van der Waals surface area contributed by atoms with Crippen LogP contribution in [0.3, 0.4) is 0 Å². The summed E-state index contributed by atoms with van der Waals surface area (Å²) in [6.07, 6.45) is 5.06. The predicted molar refractivity (Wildman–Crippen MR) is 166 cm³/mol. The molecule has 0 aromatic heterocycles. The minimum absolute atomic E-state index is 0.139. The average molecular weight is 598 g/mol. The van der Waals surface area contributed by atoms with Crippen molar-refractivity contribution in [2.24, 2.45) is 0 Å². The fourth-order valence-corrected chi connectivity index (χ4v) is 5.06. The third-order valence-corrected chi connectivity index (χ3v) is 8.08. The zero-order chi connectivity index (χ0) is 29.1. The smallest absolute Gasteiger partial charge is 0.294 e. The van der Waals surface area contributed by atoms with E-state index in [0.717, 1.165) is 22.8 Å². The highest BCUT2D eigenvalue weighted by Gasteiger charge is 2.15. The van der Waals surface area contributed by atoms with Crippen LogP contribution in [-0.2, 0) is 23.1 Å². The molecular weight excluding hydrogens is 563 g/mol. The first kappa shape index (κ1) is 31.6. The molecule has 0 bridgehead atoms. The Morgan fingerprint density at radius 1 is 0.725 bits per heavy atom. The molecule has 1 N–H and O–H groups in total. The van der Waals surface area contributed by atoms with Gasteiger partial charge in [0.15, 0.2) is 0 Å². The van der Waals surface area contributed by atoms with E-state index in [1.807, 2.05) is 79.8 Å². The summed E-state index contributed by atoms with van der Waals surface area (Å²) in [5.41, 5.74) is 1.92. The summed E-state index contributed by atoms with van der Waals surface area (Å²) in [5, 5.41) is 0. The maximum absolute atomic E-state index is 11.3. The Balaban J connectivity index is 0.000000230. The summed E-state index contributed by atoms with van der Waals surface area (Å²) >= 11 is 3.38. The maximum Gasteiger partial charge on any atom is 0.294 e. The van der Waals surface area contributed by atoms with Crippen molar-refractivity contribution in [2.45, 2.75) is 34.6 Å². The molecule has 0 unspecified atom stereocenters. The SMILES string of the molecule is CCc1ccccc1Oc1ccc(SC)cc1.CSc1ccc(Oc2ccc(S(=O)(=O)O)cc2CN(C)C)cc1. The molecule has 0 amide bonds. The minimum atomic E-state index is -4.24. The van der Waals surface area contributed by atoms with E-state index in [0.29, 0.717) is 23.6 Å². The van der Waals surface area contributed by atoms with Crippen molar-refractivity contribution in [3.05, 3.63) is 102 Å². The third kappa shape index (κ3) is 9.60. The second-order valence-corrected chi connectivity index (χ2v) is 12.2. The highest BCUT2D eigenvalue weighted by molar-refractivity contribution is 7.98. The first-order valence-electron chi connectivity index (χ1n) is 12.6. The van der Waals surface area contributed by atoms with E-state index in [-0.39, 0.29) is 4.90 Å². The van der Waals surface area contributed by atoms with E-state index in [1.165, 1.54) is 22.6 Å². The van der Waals surface area contributed by atoms with Crippen LogP contribution < -0.4 is 9.47 Å². The Morgan fingerprint density at radius 3 is 1.68 bits per heavy atom. The van der Waals surface area contributed by atoms with Gasteiger partial charge in [-0.25, -0.2) is 0 Å². The lowest BCUT2D eigenvalue weighted by Crippen LogP contribution is -2.12. The zero-order valence-electron chi connectivity index (χ0n) is 23.3. The van der Waals surface area contributed by atoms with Gasteiger partial charge in [0.05, 0.1) is 4.90 Å². The molecule has 4 aromatic carbocycles. The van der Waals surface area contributed by atoms with Gasteiger partial charge in [-0.3, -0.25) is 4.55 Å². The Morgan fingerprint density at radius 2 is 1.23 bits per heavy atom. The van der Waals surface area contributed by atoms with E-state index in [9.17, 15) is 13.0 Å². The molecule has 0 radical (unpaired) electrons. The topological polar surface area (TPSA) is 76.1 Å². The van der Waals surface area contributed by atoms with Crippen molar-refractivity contribution in [1.29, 1.82) is 0 Å². The van der Waals surface area contributed by atoms with Gasteiger partial charge < -0.3 is 14.4 Å². The normalized spacial score (nSPS) is 11.1. The molecule has 0 atom stereocenters. The zero-order valence-corrected chi connectivity index (χ0v) is 25.8. The van der Waals surface area contributed by atoms with E-state index in [1.54, 1.807) is 29.6 Å². The predicted octanol–water partition coefficient (Wildman–Crippen LogP) is 8.27. The summed E-state index contributed by atoms with van der Waals surface area (Å²) in [7, 11) is -0.492. The fourth-order valence-electron chi connectivity index (χ4n) is 3.72. The standard InChI is InChI=1S/C16H19NO4S2.C15H16OS/c1-17(2)11-12-10-15(23(18,19)20)8-9-16(12)21-13-4-6-14(22-3)7-5-13;1-3-12-6-4-5-7-15(12)16-13-8-10-14(17-2)11-9-13/h4-10H,11H2,1-3H3,(H,18,19,20);4-11H,3H2,1-2H3. The molecule has 212 valence electrons. The highest BCUT2D eigenvalue weighted by Crippen LogP contribution is 2.30. The summed E-state index contributed by atoms with van der Waals surface area (Å²) in [5.74, 6) is 3.07. The summed E-state index contributed by atoms with van der Waals surface area (Å²) in [6.45, 7) is 2.63. The molecule has 4 aromatic rings. The number of hydrogen-bond donors (Lipinski definition) is 1.